The number of hydrogen-bond acceptors (Lipinski definition) is 3. The van der Waals surface area contributed by atoms with Crippen LogP contribution in [-0.2, 0) is 17.4 Å². The number of nitrogen functional groups attached to an aromatic ring is 1. The standard InChI is InChI=1S/C13H11F3N2O2S/c14-13(15,16)10-4-1-8(2-5-10)9-3-6-12(11(17)7-9)18-21(19)20/h1-7,18H,17H2,(H,19,20)/p-1. The Kier molecular flexibility index (Phi) is 4.19. The van der Waals surface area contributed by atoms with Crippen molar-refractivity contribution in [2.24, 2.45) is 0 Å². The van der Waals surface area contributed by atoms with E-state index >= 15 is 0 Å². The van der Waals surface area contributed by atoms with E-state index in [4.69, 9.17) is 5.73 Å². The van der Waals surface area contributed by atoms with Gasteiger partial charge in [-0.05, 0) is 35.4 Å². The van der Waals surface area contributed by atoms with Gasteiger partial charge in [0.05, 0.1) is 16.9 Å². The molecule has 0 saturated carbocycles. The third-order valence-corrected chi connectivity index (χ3v) is 3.18. The molecule has 0 bridgehead atoms. The largest absolute Gasteiger partial charge is 0.755 e. The monoisotopic (exact) mass is 315 g/mol. The quantitative estimate of drug-likeness (QED) is 0.674. The smallest absolute Gasteiger partial charge is 0.416 e. The fraction of sp³-hybridized carbons (Fsp3) is 0.0769. The van der Waals surface area contributed by atoms with Gasteiger partial charge < -0.3 is 15.0 Å². The van der Waals surface area contributed by atoms with E-state index in [0.717, 1.165) is 12.1 Å². The maximum Gasteiger partial charge on any atom is 0.416 e. The van der Waals surface area contributed by atoms with Gasteiger partial charge in [-0.3, -0.25) is 4.21 Å². The lowest BCUT2D eigenvalue weighted by Crippen LogP contribution is -2.05. The molecule has 4 nitrogen and oxygen atoms in total. The highest BCUT2D eigenvalue weighted by Crippen LogP contribution is 2.32. The number of nitrogens with one attached hydrogen (secondary N) is 1. The second kappa shape index (κ2) is 5.74. The van der Waals surface area contributed by atoms with Crippen LogP contribution in [0.1, 0.15) is 5.56 Å². The molecule has 1 unspecified atom stereocenters. The van der Waals surface area contributed by atoms with E-state index in [-0.39, 0.29) is 11.4 Å². The zero-order valence-electron chi connectivity index (χ0n) is 10.5. The van der Waals surface area contributed by atoms with E-state index < -0.39 is 23.0 Å². The Balaban J connectivity index is 2.30. The van der Waals surface area contributed by atoms with Gasteiger partial charge in [-0.1, -0.05) is 18.2 Å². The minimum atomic E-state index is -4.39. The molecular weight excluding hydrogens is 305 g/mol. The van der Waals surface area contributed by atoms with Crippen LogP contribution in [0, 0.1) is 0 Å². The lowest BCUT2D eigenvalue weighted by molar-refractivity contribution is -0.137. The van der Waals surface area contributed by atoms with E-state index in [1.807, 2.05) is 0 Å². The van der Waals surface area contributed by atoms with Crippen LogP contribution in [-0.4, -0.2) is 8.76 Å². The Morgan fingerprint density at radius 1 is 1.05 bits per heavy atom. The van der Waals surface area contributed by atoms with Crippen molar-refractivity contribution in [1.82, 2.24) is 0 Å². The van der Waals surface area contributed by atoms with E-state index in [9.17, 15) is 21.9 Å². The van der Waals surface area contributed by atoms with Crippen LogP contribution >= 0.6 is 0 Å². The van der Waals surface area contributed by atoms with Crippen molar-refractivity contribution in [3.8, 4) is 11.1 Å². The van der Waals surface area contributed by atoms with Gasteiger partial charge in [0.2, 0.25) is 0 Å². The Morgan fingerprint density at radius 3 is 2.10 bits per heavy atom. The lowest BCUT2D eigenvalue weighted by Gasteiger charge is -2.13. The summed E-state index contributed by atoms with van der Waals surface area (Å²) in [7, 11) is 0. The molecule has 0 saturated heterocycles. The molecule has 0 radical (unpaired) electrons. The fourth-order valence-corrected chi connectivity index (χ4v) is 2.14. The number of rotatable bonds is 3. The SMILES string of the molecule is Nc1cc(-c2ccc(C(F)(F)F)cc2)ccc1NS(=O)[O-]. The van der Waals surface area contributed by atoms with Crippen molar-refractivity contribution in [1.29, 1.82) is 0 Å². The van der Waals surface area contributed by atoms with Crippen molar-refractivity contribution in [3.05, 3.63) is 48.0 Å². The number of benzene rings is 2. The molecule has 0 aliphatic heterocycles. The molecule has 1 atom stereocenters. The van der Waals surface area contributed by atoms with Crippen LogP contribution in [0.4, 0.5) is 24.5 Å². The first-order valence-electron chi connectivity index (χ1n) is 5.70. The Morgan fingerprint density at radius 2 is 1.62 bits per heavy atom. The average Bonchev–Trinajstić information content (AvgIpc) is 2.40. The molecule has 0 fully saturated rings. The first-order chi connectivity index (χ1) is 9.77. The maximum absolute atomic E-state index is 12.5. The topological polar surface area (TPSA) is 78.2 Å². The molecule has 0 spiro atoms. The van der Waals surface area contributed by atoms with E-state index in [1.54, 1.807) is 6.07 Å². The zero-order valence-corrected chi connectivity index (χ0v) is 11.3. The third kappa shape index (κ3) is 3.73. The maximum atomic E-state index is 12.5. The highest BCUT2D eigenvalue weighted by Gasteiger charge is 2.29. The van der Waals surface area contributed by atoms with Crippen LogP contribution in [0.2, 0.25) is 0 Å². The van der Waals surface area contributed by atoms with Gasteiger partial charge in [0.1, 0.15) is 0 Å². The normalized spacial score (nSPS) is 13.0. The van der Waals surface area contributed by atoms with E-state index in [2.05, 4.69) is 4.72 Å². The summed E-state index contributed by atoms with van der Waals surface area (Å²) in [5.74, 6) is 0. The van der Waals surface area contributed by atoms with Crippen molar-refractivity contribution in [2.75, 3.05) is 10.5 Å². The minimum absolute atomic E-state index is 0.177. The van der Waals surface area contributed by atoms with Crippen LogP contribution in [0.5, 0.6) is 0 Å². The molecule has 112 valence electrons. The van der Waals surface area contributed by atoms with Gasteiger partial charge >= 0.3 is 6.18 Å². The van der Waals surface area contributed by atoms with Gasteiger partial charge in [-0.25, -0.2) is 0 Å². The number of alkyl halides is 3. The van der Waals surface area contributed by atoms with E-state index in [0.29, 0.717) is 11.1 Å². The van der Waals surface area contributed by atoms with Crippen LogP contribution in [0.3, 0.4) is 0 Å². The highest BCUT2D eigenvalue weighted by atomic mass is 32.2. The molecule has 8 heteroatoms. The fourth-order valence-electron chi connectivity index (χ4n) is 1.78. The van der Waals surface area contributed by atoms with Crippen molar-refractivity contribution >= 4 is 22.6 Å². The van der Waals surface area contributed by atoms with Crippen molar-refractivity contribution < 1.29 is 21.9 Å². The average molecular weight is 315 g/mol. The summed E-state index contributed by atoms with van der Waals surface area (Å²) in [6.45, 7) is 0. The molecule has 3 N–H and O–H groups in total. The summed E-state index contributed by atoms with van der Waals surface area (Å²) in [5, 5.41) is 0. The van der Waals surface area contributed by atoms with Gasteiger partial charge in [0.15, 0.2) is 0 Å². The highest BCUT2D eigenvalue weighted by molar-refractivity contribution is 7.80. The number of halogens is 3. The van der Waals surface area contributed by atoms with Gasteiger partial charge in [0, 0.05) is 11.3 Å². The first-order valence-corrected chi connectivity index (χ1v) is 6.78. The predicted molar refractivity (Wildman–Crippen MR) is 73.8 cm³/mol. The first kappa shape index (κ1) is 15.3. The molecule has 21 heavy (non-hydrogen) atoms. The molecule has 0 aliphatic carbocycles. The molecule has 0 heterocycles. The van der Waals surface area contributed by atoms with Crippen molar-refractivity contribution in [2.45, 2.75) is 6.18 Å². The molecule has 2 rings (SSSR count). The number of nitrogens with two attached hydrogens (primary N) is 1. The Bertz CT molecular complexity index is 672. The summed E-state index contributed by atoms with van der Waals surface area (Å²) in [4.78, 5) is 0. The molecule has 0 aromatic heterocycles. The van der Waals surface area contributed by atoms with Gasteiger partial charge in [0.25, 0.3) is 0 Å². The van der Waals surface area contributed by atoms with Gasteiger partial charge in [-0.15, -0.1) is 0 Å². The second-order valence-electron chi connectivity index (χ2n) is 4.21. The number of anilines is 2. The second-order valence-corrected chi connectivity index (χ2v) is 4.89. The zero-order chi connectivity index (χ0) is 15.6. The Hall–Kier alpha value is -2.06. The van der Waals surface area contributed by atoms with E-state index in [1.165, 1.54) is 24.3 Å². The summed E-state index contributed by atoms with van der Waals surface area (Å²) < 4.78 is 60.6. The van der Waals surface area contributed by atoms with Crippen LogP contribution < -0.4 is 10.5 Å². The Labute approximate surface area is 121 Å². The summed E-state index contributed by atoms with van der Waals surface area (Å²) in [6, 6.07) is 9.10. The van der Waals surface area contributed by atoms with Crippen LogP contribution in [0.15, 0.2) is 42.5 Å². The molecule has 0 aliphatic rings. The number of hydrogen-bond donors (Lipinski definition) is 2. The molecular formula is C13H10F3N2O2S-. The summed E-state index contributed by atoms with van der Waals surface area (Å²) in [5.41, 5.74) is 6.47. The predicted octanol–water partition coefficient (Wildman–Crippen LogP) is 3.16. The molecule has 2 aromatic rings. The molecule has 2 aromatic carbocycles. The van der Waals surface area contributed by atoms with Crippen molar-refractivity contribution in [3.63, 3.8) is 0 Å². The van der Waals surface area contributed by atoms with Crippen LogP contribution in [0.25, 0.3) is 11.1 Å². The summed E-state index contributed by atoms with van der Waals surface area (Å²) in [6.07, 6.45) is -4.39. The molecule has 0 amide bonds. The minimum Gasteiger partial charge on any atom is -0.755 e. The van der Waals surface area contributed by atoms with Gasteiger partial charge in [-0.2, -0.15) is 13.2 Å². The summed E-state index contributed by atoms with van der Waals surface area (Å²) >= 11 is -2.50. The lowest BCUT2D eigenvalue weighted by atomic mass is 10.0. The third-order valence-electron chi connectivity index (χ3n) is 2.79.